The van der Waals surface area contributed by atoms with Crippen molar-refractivity contribution in [2.24, 2.45) is 0 Å². The summed E-state index contributed by atoms with van der Waals surface area (Å²) in [6, 6.07) is 8.85. The third kappa shape index (κ3) is 6.90. The Balaban J connectivity index is 2.52. The number of carbonyl (C=O) groups is 2. The number of hydrogen-bond acceptors (Lipinski definition) is 3. The maximum Gasteiger partial charge on any atom is 0.242 e. The molecule has 3 N–H and O–H groups in total. The quantitative estimate of drug-likeness (QED) is 0.669. The summed E-state index contributed by atoms with van der Waals surface area (Å²) in [7, 11) is 0. The molecule has 0 saturated heterocycles. The van der Waals surface area contributed by atoms with Crippen molar-refractivity contribution in [3.8, 4) is 0 Å². The van der Waals surface area contributed by atoms with Crippen LogP contribution >= 0.6 is 0 Å². The summed E-state index contributed by atoms with van der Waals surface area (Å²) >= 11 is 0. The first-order valence-electron chi connectivity index (χ1n) is 7.32. The monoisotopic (exact) mass is 292 g/mol. The Morgan fingerprint density at radius 2 is 1.90 bits per heavy atom. The third-order valence-corrected chi connectivity index (χ3v) is 3.01. The largest absolute Gasteiger partial charge is 0.392 e. The molecule has 5 nitrogen and oxygen atoms in total. The topological polar surface area (TPSA) is 78.4 Å². The highest BCUT2D eigenvalue weighted by Gasteiger charge is 2.19. The van der Waals surface area contributed by atoms with E-state index in [4.69, 9.17) is 0 Å². The van der Waals surface area contributed by atoms with E-state index in [1.807, 2.05) is 37.3 Å². The molecule has 0 aliphatic carbocycles. The Morgan fingerprint density at radius 3 is 2.48 bits per heavy atom. The molecule has 1 aromatic carbocycles. The van der Waals surface area contributed by atoms with Crippen LogP contribution in [0.4, 0.5) is 0 Å². The molecule has 116 valence electrons. The number of benzene rings is 1. The molecule has 1 rings (SSSR count). The molecule has 0 bridgehead atoms. The van der Waals surface area contributed by atoms with Crippen molar-refractivity contribution in [2.45, 2.75) is 45.3 Å². The molecule has 0 heterocycles. The SMILES string of the molecule is CCCC(NC(=O)Cc1ccccc1)C(=O)NC[C@H](C)O. The predicted molar refractivity (Wildman–Crippen MR) is 81.7 cm³/mol. The smallest absolute Gasteiger partial charge is 0.242 e. The minimum Gasteiger partial charge on any atom is -0.392 e. The lowest BCUT2D eigenvalue weighted by molar-refractivity contribution is -0.129. The second-order valence-electron chi connectivity index (χ2n) is 5.17. The standard InChI is InChI=1S/C16H24N2O3/c1-3-7-14(16(21)17-11-12(2)19)18-15(20)10-13-8-5-4-6-9-13/h4-6,8-9,12,14,19H,3,7,10-11H2,1-2H3,(H,17,21)(H,18,20)/t12-,14?/m0/s1. The summed E-state index contributed by atoms with van der Waals surface area (Å²) < 4.78 is 0. The number of carbonyl (C=O) groups excluding carboxylic acids is 2. The Morgan fingerprint density at radius 1 is 1.24 bits per heavy atom. The van der Waals surface area contributed by atoms with Crippen LogP contribution in [0.2, 0.25) is 0 Å². The van der Waals surface area contributed by atoms with E-state index in [1.165, 1.54) is 0 Å². The Hall–Kier alpha value is -1.88. The van der Waals surface area contributed by atoms with Crippen LogP contribution in [0.5, 0.6) is 0 Å². The van der Waals surface area contributed by atoms with Crippen molar-refractivity contribution in [1.29, 1.82) is 0 Å². The van der Waals surface area contributed by atoms with Gasteiger partial charge < -0.3 is 15.7 Å². The highest BCUT2D eigenvalue weighted by molar-refractivity contribution is 5.88. The molecule has 0 radical (unpaired) electrons. The van der Waals surface area contributed by atoms with Crippen molar-refractivity contribution in [3.05, 3.63) is 35.9 Å². The average molecular weight is 292 g/mol. The predicted octanol–water partition coefficient (Wildman–Crippen LogP) is 1.01. The number of aliphatic hydroxyl groups excluding tert-OH is 1. The van der Waals surface area contributed by atoms with Gasteiger partial charge in [-0.25, -0.2) is 0 Å². The van der Waals surface area contributed by atoms with Crippen LogP contribution in [0, 0.1) is 0 Å². The Labute approximate surface area is 125 Å². The molecule has 0 aliphatic rings. The van der Waals surface area contributed by atoms with Crippen molar-refractivity contribution in [2.75, 3.05) is 6.54 Å². The molecular weight excluding hydrogens is 268 g/mol. The maximum absolute atomic E-state index is 12.0. The number of amides is 2. The van der Waals surface area contributed by atoms with Gasteiger partial charge in [0.1, 0.15) is 6.04 Å². The van der Waals surface area contributed by atoms with Crippen LogP contribution in [-0.2, 0) is 16.0 Å². The van der Waals surface area contributed by atoms with Gasteiger partial charge in [0.2, 0.25) is 11.8 Å². The molecule has 2 amide bonds. The van der Waals surface area contributed by atoms with E-state index in [0.717, 1.165) is 12.0 Å². The molecule has 1 aromatic rings. The van der Waals surface area contributed by atoms with E-state index in [1.54, 1.807) is 6.92 Å². The van der Waals surface area contributed by atoms with Gasteiger partial charge in [-0.1, -0.05) is 43.7 Å². The van der Waals surface area contributed by atoms with Gasteiger partial charge in [-0.15, -0.1) is 0 Å². The van der Waals surface area contributed by atoms with Crippen molar-refractivity contribution >= 4 is 11.8 Å². The van der Waals surface area contributed by atoms with E-state index < -0.39 is 12.1 Å². The zero-order valence-corrected chi connectivity index (χ0v) is 12.6. The van der Waals surface area contributed by atoms with Crippen LogP contribution in [0.1, 0.15) is 32.3 Å². The van der Waals surface area contributed by atoms with Gasteiger partial charge in [0, 0.05) is 6.54 Å². The van der Waals surface area contributed by atoms with Crippen molar-refractivity contribution in [1.82, 2.24) is 10.6 Å². The van der Waals surface area contributed by atoms with E-state index >= 15 is 0 Å². The molecular formula is C16H24N2O3. The van der Waals surface area contributed by atoms with Crippen LogP contribution in [0.3, 0.4) is 0 Å². The fourth-order valence-corrected chi connectivity index (χ4v) is 1.96. The lowest BCUT2D eigenvalue weighted by Crippen LogP contribution is -2.48. The zero-order chi connectivity index (χ0) is 15.7. The molecule has 2 atom stereocenters. The second-order valence-corrected chi connectivity index (χ2v) is 5.17. The van der Waals surface area contributed by atoms with Gasteiger partial charge in [-0.2, -0.15) is 0 Å². The van der Waals surface area contributed by atoms with Crippen LogP contribution in [-0.4, -0.2) is 35.6 Å². The van der Waals surface area contributed by atoms with Gasteiger partial charge in [0.15, 0.2) is 0 Å². The summed E-state index contributed by atoms with van der Waals surface area (Å²) in [6.45, 7) is 3.75. The fraction of sp³-hybridized carbons (Fsp3) is 0.500. The first kappa shape index (κ1) is 17.2. The van der Waals surface area contributed by atoms with E-state index in [0.29, 0.717) is 6.42 Å². The van der Waals surface area contributed by atoms with Gasteiger partial charge >= 0.3 is 0 Å². The number of hydrogen-bond donors (Lipinski definition) is 3. The summed E-state index contributed by atoms with van der Waals surface area (Å²) in [5.74, 6) is -0.425. The minimum atomic E-state index is -0.601. The molecule has 0 spiro atoms. The van der Waals surface area contributed by atoms with Gasteiger partial charge in [0.25, 0.3) is 0 Å². The normalized spacial score (nSPS) is 13.3. The lowest BCUT2D eigenvalue weighted by atomic mass is 10.1. The summed E-state index contributed by atoms with van der Waals surface area (Å²) in [5, 5.41) is 14.6. The lowest BCUT2D eigenvalue weighted by Gasteiger charge is -2.18. The van der Waals surface area contributed by atoms with Crippen molar-refractivity contribution < 1.29 is 14.7 Å². The summed E-state index contributed by atoms with van der Waals surface area (Å²) in [6.07, 6.45) is 1.02. The fourth-order valence-electron chi connectivity index (χ4n) is 1.96. The first-order valence-corrected chi connectivity index (χ1v) is 7.32. The highest BCUT2D eigenvalue weighted by atomic mass is 16.3. The molecule has 21 heavy (non-hydrogen) atoms. The average Bonchev–Trinajstić information content (AvgIpc) is 2.45. The number of aliphatic hydroxyl groups is 1. The molecule has 0 fully saturated rings. The Kier molecular flexibility index (Phi) is 7.46. The molecule has 1 unspecified atom stereocenters. The molecule has 5 heteroatoms. The van der Waals surface area contributed by atoms with Gasteiger partial charge in [-0.05, 0) is 18.9 Å². The van der Waals surface area contributed by atoms with E-state index in [-0.39, 0.29) is 24.8 Å². The summed E-state index contributed by atoms with van der Waals surface area (Å²) in [4.78, 5) is 24.0. The van der Waals surface area contributed by atoms with Gasteiger partial charge in [0.05, 0.1) is 12.5 Å². The van der Waals surface area contributed by atoms with Crippen LogP contribution in [0.25, 0.3) is 0 Å². The third-order valence-electron chi connectivity index (χ3n) is 3.01. The second kappa shape index (κ2) is 9.13. The number of nitrogens with one attached hydrogen (secondary N) is 2. The Bertz CT molecular complexity index is 446. The van der Waals surface area contributed by atoms with E-state index in [2.05, 4.69) is 10.6 Å². The molecule has 0 aliphatic heterocycles. The molecule has 0 aromatic heterocycles. The minimum absolute atomic E-state index is 0.174. The van der Waals surface area contributed by atoms with Gasteiger partial charge in [-0.3, -0.25) is 9.59 Å². The van der Waals surface area contributed by atoms with Crippen molar-refractivity contribution in [3.63, 3.8) is 0 Å². The van der Waals surface area contributed by atoms with Crippen LogP contribution < -0.4 is 10.6 Å². The maximum atomic E-state index is 12.0. The van der Waals surface area contributed by atoms with E-state index in [9.17, 15) is 14.7 Å². The summed E-state index contributed by atoms with van der Waals surface area (Å²) in [5.41, 5.74) is 0.912. The molecule has 0 saturated carbocycles. The zero-order valence-electron chi connectivity index (χ0n) is 12.6. The number of rotatable bonds is 8. The first-order chi connectivity index (χ1) is 10.0. The highest BCUT2D eigenvalue weighted by Crippen LogP contribution is 2.02. The van der Waals surface area contributed by atoms with Crippen LogP contribution in [0.15, 0.2) is 30.3 Å².